The van der Waals surface area contributed by atoms with Crippen molar-refractivity contribution in [2.24, 2.45) is 9.98 Å². The Bertz CT molecular complexity index is 1540. The average Bonchev–Trinajstić information content (AvgIpc) is 3.02. The number of hydrogen-bond acceptors (Lipinski definition) is 7. The van der Waals surface area contributed by atoms with Gasteiger partial charge in [-0.3, -0.25) is 9.79 Å². The maximum atomic E-state index is 15.4. The van der Waals surface area contributed by atoms with Gasteiger partial charge >= 0.3 is 0 Å². The van der Waals surface area contributed by atoms with Crippen LogP contribution < -0.4 is 15.0 Å². The molecule has 9 nitrogen and oxygen atoms in total. The molecular formula is C33H37F2N5O4. The van der Waals surface area contributed by atoms with Gasteiger partial charge < -0.3 is 29.3 Å². The number of hydrogen-bond donors (Lipinski definition) is 1. The molecule has 1 heterocycles. The van der Waals surface area contributed by atoms with Crippen molar-refractivity contribution in [2.45, 2.75) is 25.4 Å². The summed E-state index contributed by atoms with van der Waals surface area (Å²) < 4.78 is 47.4. The maximum Gasteiger partial charge on any atom is 0.245 e. The third kappa shape index (κ3) is 7.16. The zero-order valence-electron chi connectivity index (χ0n) is 25.4. The topological polar surface area (TPSA) is 88.0 Å². The van der Waals surface area contributed by atoms with Crippen molar-refractivity contribution in [3.63, 3.8) is 0 Å². The Hall–Kier alpha value is -4.93. The number of ether oxygens (including phenoxy) is 3. The van der Waals surface area contributed by atoms with E-state index in [1.807, 2.05) is 12.2 Å². The summed E-state index contributed by atoms with van der Waals surface area (Å²) in [6, 6.07) is 7.77. The van der Waals surface area contributed by atoms with Gasteiger partial charge in [-0.15, -0.1) is 0 Å². The lowest BCUT2D eigenvalue weighted by Gasteiger charge is -2.32. The fourth-order valence-corrected chi connectivity index (χ4v) is 5.10. The van der Waals surface area contributed by atoms with E-state index in [9.17, 15) is 9.18 Å². The molecule has 232 valence electrons. The molecule has 1 fully saturated rings. The molecule has 4 rings (SSSR count). The number of allylic oxidation sites excluding steroid dienone is 3. The Balaban J connectivity index is 1.69. The summed E-state index contributed by atoms with van der Waals surface area (Å²) in [6.07, 6.45) is 8.04. The lowest BCUT2D eigenvalue weighted by Crippen LogP contribution is -2.40. The van der Waals surface area contributed by atoms with Gasteiger partial charge in [-0.1, -0.05) is 12.6 Å². The van der Waals surface area contributed by atoms with E-state index in [0.717, 1.165) is 5.57 Å². The largest absolute Gasteiger partial charge is 0.495 e. The molecule has 0 bridgehead atoms. The third-order valence-electron chi connectivity index (χ3n) is 7.35. The first-order valence-electron chi connectivity index (χ1n) is 14.1. The fourth-order valence-electron chi connectivity index (χ4n) is 5.10. The first-order valence-corrected chi connectivity index (χ1v) is 14.1. The van der Waals surface area contributed by atoms with E-state index >= 15 is 4.39 Å². The van der Waals surface area contributed by atoms with Crippen LogP contribution in [0.1, 0.15) is 19.3 Å². The highest BCUT2D eigenvalue weighted by Crippen LogP contribution is 2.37. The van der Waals surface area contributed by atoms with E-state index in [1.54, 1.807) is 44.3 Å². The second-order valence-electron chi connectivity index (χ2n) is 10.3. The predicted octanol–water partition coefficient (Wildman–Crippen LogP) is 6.07. The van der Waals surface area contributed by atoms with Crippen LogP contribution in [-0.4, -0.2) is 71.4 Å². The van der Waals surface area contributed by atoms with Crippen LogP contribution in [-0.2, 0) is 14.3 Å². The maximum absolute atomic E-state index is 15.4. The summed E-state index contributed by atoms with van der Waals surface area (Å²) in [6.45, 7) is 8.20. The number of aliphatic imine (C=N–C) groups is 2. The minimum Gasteiger partial charge on any atom is -0.495 e. The molecule has 44 heavy (non-hydrogen) atoms. The number of nitrogens with zero attached hydrogens (tertiary/aromatic N) is 4. The van der Waals surface area contributed by atoms with E-state index in [2.05, 4.69) is 28.6 Å². The van der Waals surface area contributed by atoms with Crippen molar-refractivity contribution in [3.8, 4) is 16.9 Å². The molecule has 0 atom stereocenters. The van der Waals surface area contributed by atoms with Crippen LogP contribution in [0.3, 0.4) is 0 Å². The molecule has 0 aromatic heterocycles. The van der Waals surface area contributed by atoms with E-state index in [1.165, 1.54) is 36.6 Å². The molecule has 11 heteroatoms. The number of piperidine rings is 1. The quantitative estimate of drug-likeness (QED) is 0.190. The second-order valence-corrected chi connectivity index (χ2v) is 10.3. The molecule has 2 aliphatic rings. The summed E-state index contributed by atoms with van der Waals surface area (Å²) in [5.74, 6) is 0.622. The first kappa shape index (κ1) is 32.0. The van der Waals surface area contributed by atoms with Crippen LogP contribution in [0.4, 0.5) is 20.2 Å². The minimum atomic E-state index is -0.674. The van der Waals surface area contributed by atoms with Crippen molar-refractivity contribution in [2.75, 3.05) is 51.6 Å². The molecule has 1 aliphatic carbocycles. The number of likely N-dealkylation sites (tertiary alicyclic amines) is 1. The molecule has 0 unspecified atom stereocenters. The summed E-state index contributed by atoms with van der Waals surface area (Å²) in [7, 11) is 6.28. The van der Waals surface area contributed by atoms with Gasteiger partial charge in [0.1, 0.15) is 35.5 Å². The number of benzene rings is 2. The van der Waals surface area contributed by atoms with Crippen molar-refractivity contribution < 1.29 is 27.8 Å². The SMILES string of the molecule is C=CC(=O)N1CCC(OC2=C/C(=C(/N=C\N=C)Nc3cc(-c4ccc(F)c(N(C)C)c4F)ccc3OC)CC=C2OC)CC1. The normalized spacial score (nSPS) is 16.5. The van der Waals surface area contributed by atoms with Crippen LogP contribution in [0.2, 0.25) is 0 Å². The van der Waals surface area contributed by atoms with Gasteiger partial charge in [0.2, 0.25) is 5.91 Å². The third-order valence-corrected chi connectivity index (χ3v) is 7.35. The second kappa shape index (κ2) is 14.5. The van der Waals surface area contributed by atoms with Gasteiger partial charge in [-0.25, -0.2) is 13.8 Å². The van der Waals surface area contributed by atoms with Crippen LogP contribution in [0.5, 0.6) is 5.75 Å². The molecule has 2 aromatic rings. The fraction of sp³-hybridized carbons (Fsp3) is 0.303. The average molecular weight is 606 g/mol. The van der Waals surface area contributed by atoms with E-state index in [4.69, 9.17) is 14.2 Å². The molecule has 1 saturated heterocycles. The van der Waals surface area contributed by atoms with Gasteiger partial charge in [0.15, 0.2) is 17.3 Å². The summed E-state index contributed by atoms with van der Waals surface area (Å²) in [4.78, 5) is 23.4. The number of halogens is 2. The Morgan fingerprint density at radius 3 is 2.50 bits per heavy atom. The Morgan fingerprint density at radius 1 is 1.11 bits per heavy atom. The Labute approximate surface area is 256 Å². The van der Waals surface area contributed by atoms with Gasteiger partial charge in [0.25, 0.3) is 0 Å². The van der Waals surface area contributed by atoms with Gasteiger partial charge in [-0.05, 0) is 61.2 Å². The highest BCUT2D eigenvalue weighted by atomic mass is 19.1. The molecule has 2 aromatic carbocycles. The van der Waals surface area contributed by atoms with E-state index < -0.39 is 11.6 Å². The summed E-state index contributed by atoms with van der Waals surface area (Å²) in [5, 5.41) is 3.30. The number of methoxy groups -OCH3 is 2. The number of carbonyl (C=O) groups excluding carboxylic acids is 1. The standard InChI is InChI=1S/C33H37F2N5O4/c1-7-30(41)40-16-14-23(15-17-40)44-29-19-22(9-13-28(29)43-6)33(37-20-36-2)38-26-18-21(8-12-27(26)42-5)24-10-11-25(34)32(31(24)35)39(3)4/h7-8,10-13,18-20,23,38H,1-2,9,14-17H2,3-6H3/b33-22-,37-20-. The Morgan fingerprint density at radius 2 is 1.86 bits per heavy atom. The molecular weight excluding hydrogens is 568 g/mol. The zero-order valence-corrected chi connectivity index (χ0v) is 25.4. The summed E-state index contributed by atoms with van der Waals surface area (Å²) in [5.41, 5.74) is 1.87. The first-order chi connectivity index (χ1) is 21.2. The predicted molar refractivity (Wildman–Crippen MR) is 170 cm³/mol. The number of anilines is 2. The molecule has 1 N–H and O–H groups in total. The van der Waals surface area contributed by atoms with Crippen LogP contribution in [0, 0.1) is 11.6 Å². The van der Waals surface area contributed by atoms with Crippen LogP contribution >= 0.6 is 0 Å². The summed E-state index contributed by atoms with van der Waals surface area (Å²) >= 11 is 0. The molecule has 1 amide bonds. The lowest BCUT2D eigenvalue weighted by atomic mass is 10.0. The van der Waals surface area contributed by atoms with Crippen LogP contribution in [0.15, 0.2) is 88.0 Å². The number of amides is 1. The smallest absolute Gasteiger partial charge is 0.245 e. The van der Waals surface area contributed by atoms with E-state index in [0.29, 0.717) is 66.7 Å². The number of rotatable bonds is 11. The highest BCUT2D eigenvalue weighted by molar-refractivity contribution is 5.87. The van der Waals surface area contributed by atoms with Crippen molar-refractivity contribution >= 4 is 30.3 Å². The van der Waals surface area contributed by atoms with Gasteiger partial charge in [0.05, 0.1) is 19.9 Å². The van der Waals surface area contributed by atoms with Crippen molar-refractivity contribution in [3.05, 3.63) is 89.7 Å². The van der Waals surface area contributed by atoms with Gasteiger partial charge in [-0.2, -0.15) is 0 Å². The van der Waals surface area contributed by atoms with Crippen LogP contribution in [0.25, 0.3) is 11.1 Å². The number of nitrogens with one attached hydrogen (secondary N) is 1. The molecule has 1 aliphatic heterocycles. The van der Waals surface area contributed by atoms with Crippen molar-refractivity contribution in [1.29, 1.82) is 0 Å². The lowest BCUT2D eigenvalue weighted by molar-refractivity contribution is -0.128. The Kier molecular flexibility index (Phi) is 10.5. The molecule has 0 spiro atoms. The zero-order chi connectivity index (χ0) is 31.8. The van der Waals surface area contributed by atoms with Gasteiger partial charge in [0, 0.05) is 51.2 Å². The molecule has 0 saturated carbocycles. The van der Waals surface area contributed by atoms with Crippen molar-refractivity contribution in [1.82, 2.24) is 4.90 Å². The highest BCUT2D eigenvalue weighted by Gasteiger charge is 2.26. The monoisotopic (exact) mass is 605 g/mol. The minimum absolute atomic E-state index is 0.0905. The number of carbonyl (C=O) groups is 1. The van der Waals surface area contributed by atoms with E-state index in [-0.39, 0.29) is 23.3 Å². The molecule has 0 radical (unpaired) electrons.